The number of nitrogens with zero attached hydrogens (tertiary/aromatic N) is 4. The Morgan fingerprint density at radius 1 is 1.00 bits per heavy atom. The molecule has 3 fully saturated rings. The average molecular weight is 470 g/mol. The lowest BCUT2D eigenvalue weighted by Gasteiger charge is -2.43. The van der Waals surface area contributed by atoms with Crippen molar-refractivity contribution in [3.05, 3.63) is 29.3 Å². The molecule has 1 aromatic carbocycles. The molecule has 1 atom stereocenters. The third kappa shape index (κ3) is 4.10. The highest BCUT2D eigenvalue weighted by molar-refractivity contribution is 6.25. The van der Waals surface area contributed by atoms with Crippen molar-refractivity contribution in [1.29, 1.82) is 0 Å². The Kier molecular flexibility index (Phi) is 5.91. The second kappa shape index (κ2) is 8.75. The number of hydrogen-bond acceptors (Lipinski definition) is 8. The summed E-state index contributed by atoms with van der Waals surface area (Å²) in [6, 6.07) is 4.26. The van der Waals surface area contributed by atoms with E-state index in [-0.39, 0.29) is 18.7 Å². The van der Waals surface area contributed by atoms with Gasteiger partial charge in [-0.2, -0.15) is 0 Å². The molecule has 4 heterocycles. The Hall–Kier alpha value is -2.82. The molecule has 0 bridgehead atoms. The van der Waals surface area contributed by atoms with Crippen molar-refractivity contribution in [2.45, 2.75) is 37.3 Å². The maximum atomic E-state index is 13.4. The maximum absolute atomic E-state index is 13.4. The van der Waals surface area contributed by atoms with E-state index in [9.17, 15) is 24.3 Å². The van der Waals surface area contributed by atoms with Crippen molar-refractivity contribution < 1.29 is 24.3 Å². The number of nitrogens with one attached hydrogen (secondary N) is 1. The highest BCUT2D eigenvalue weighted by Gasteiger charge is 2.46. The standard InChI is InChI=1S/C24H31N5O5/c1-26-9-7-24(34,8-10-26)15-27-11-13-28(14-12-27)17-4-2-3-16-20(17)23(33)29(22(16)32)18-5-6-19(30)25-21(18)31/h2-4,18,34H,5-15H2,1H3,(H,25,30,31). The number of likely N-dealkylation sites (tertiary alicyclic amines) is 1. The first-order valence-corrected chi connectivity index (χ1v) is 12.0. The van der Waals surface area contributed by atoms with Crippen LogP contribution in [0.1, 0.15) is 46.4 Å². The van der Waals surface area contributed by atoms with Gasteiger partial charge >= 0.3 is 0 Å². The quantitative estimate of drug-likeness (QED) is 0.577. The number of β-amino-alcohol motifs (C(OH)–C–C–N with tert-alkyl or cyclic N) is 1. The van der Waals surface area contributed by atoms with Crippen molar-refractivity contribution in [2.75, 3.05) is 57.8 Å². The van der Waals surface area contributed by atoms with Crippen LogP contribution in [0.2, 0.25) is 0 Å². The van der Waals surface area contributed by atoms with Crippen molar-refractivity contribution >= 4 is 29.3 Å². The number of anilines is 1. The molecule has 0 aliphatic carbocycles. The van der Waals surface area contributed by atoms with Gasteiger partial charge < -0.3 is 14.9 Å². The fourth-order valence-corrected chi connectivity index (χ4v) is 5.52. The minimum Gasteiger partial charge on any atom is -0.388 e. The van der Waals surface area contributed by atoms with Crippen LogP contribution in [-0.4, -0.2) is 108 Å². The Bertz CT molecular complexity index is 1030. The lowest BCUT2D eigenvalue weighted by Crippen LogP contribution is -2.55. The SMILES string of the molecule is CN1CCC(O)(CN2CCN(c3cccc4c3C(=O)N(C3CCC(=O)NC3=O)C4=O)CC2)CC1. The molecular weight excluding hydrogens is 438 g/mol. The molecule has 3 saturated heterocycles. The summed E-state index contributed by atoms with van der Waals surface area (Å²) in [6.07, 6.45) is 1.77. The number of imide groups is 2. The predicted molar refractivity (Wildman–Crippen MR) is 123 cm³/mol. The molecule has 2 N–H and O–H groups in total. The lowest BCUT2D eigenvalue weighted by molar-refractivity contribution is -0.136. The molecule has 0 aromatic heterocycles. The van der Waals surface area contributed by atoms with E-state index in [1.165, 1.54) is 0 Å². The average Bonchev–Trinajstić information content (AvgIpc) is 3.07. The van der Waals surface area contributed by atoms with Crippen LogP contribution < -0.4 is 10.2 Å². The first kappa shape index (κ1) is 22.9. The summed E-state index contributed by atoms with van der Waals surface area (Å²) in [5, 5.41) is 13.2. The van der Waals surface area contributed by atoms with Gasteiger partial charge in [0.25, 0.3) is 11.8 Å². The Morgan fingerprint density at radius 3 is 2.38 bits per heavy atom. The second-order valence-electron chi connectivity index (χ2n) is 9.94. The smallest absolute Gasteiger partial charge is 0.264 e. The van der Waals surface area contributed by atoms with Crippen molar-refractivity contribution in [1.82, 2.24) is 20.0 Å². The van der Waals surface area contributed by atoms with Gasteiger partial charge in [0, 0.05) is 52.2 Å². The highest BCUT2D eigenvalue weighted by atomic mass is 16.3. The van der Waals surface area contributed by atoms with Crippen LogP contribution in [0.5, 0.6) is 0 Å². The molecule has 182 valence electrons. The minimum atomic E-state index is -0.968. The van der Waals surface area contributed by atoms with Gasteiger partial charge in [-0.3, -0.25) is 34.3 Å². The molecule has 0 radical (unpaired) electrons. The second-order valence-corrected chi connectivity index (χ2v) is 9.94. The number of amides is 4. The Morgan fingerprint density at radius 2 is 1.71 bits per heavy atom. The number of aliphatic hydroxyl groups is 1. The molecular formula is C24H31N5O5. The minimum absolute atomic E-state index is 0.0985. The molecule has 1 aromatic rings. The van der Waals surface area contributed by atoms with Gasteiger partial charge in [-0.15, -0.1) is 0 Å². The number of carbonyl (C=O) groups excluding carboxylic acids is 4. The molecule has 4 aliphatic rings. The molecule has 4 amide bonds. The summed E-state index contributed by atoms with van der Waals surface area (Å²) in [5.74, 6) is -1.96. The lowest BCUT2D eigenvalue weighted by atomic mass is 9.91. The number of piperazine rings is 1. The van der Waals surface area contributed by atoms with E-state index >= 15 is 0 Å². The van der Waals surface area contributed by atoms with Crippen molar-refractivity contribution in [3.63, 3.8) is 0 Å². The normalized spacial score (nSPS) is 26.1. The van der Waals surface area contributed by atoms with Crippen molar-refractivity contribution in [3.8, 4) is 0 Å². The summed E-state index contributed by atoms with van der Waals surface area (Å²) >= 11 is 0. The van der Waals surface area contributed by atoms with Crippen LogP contribution in [0.3, 0.4) is 0 Å². The van der Waals surface area contributed by atoms with Gasteiger partial charge in [-0.05, 0) is 38.4 Å². The molecule has 0 spiro atoms. The zero-order chi connectivity index (χ0) is 24.0. The zero-order valence-electron chi connectivity index (χ0n) is 19.5. The van der Waals surface area contributed by atoms with Crippen LogP contribution in [-0.2, 0) is 9.59 Å². The monoisotopic (exact) mass is 469 g/mol. The number of rotatable bonds is 4. The van der Waals surface area contributed by atoms with Crippen molar-refractivity contribution in [2.24, 2.45) is 0 Å². The number of benzene rings is 1. The van der Waals surface area contributed by atoms with Gasteiger partial charge in [0.2, 0.25) is 11.8 Å². The number of carbonyl (C=O) groups is 4. The molecule has 34 heavy (non-hydrogen) atoms. The Labute approximate surface area is 198 Å². The van der Waals surface area contributed by atoms with Gasteiger partial charge in [0.15, 0.2) is 0 Å². The van der Waals surface area contributed by atoms with E-state index in [0.717, 1.165) is 43.9 Å². The molecule has 10 heteroatoms. The van der Waals surface area contributed by atoms with E-state index in [1.54, 1.807) is 12.1 Å². The van der Waals surface area contributed by atoms with E-state index < -0.39 is 29.4 Å². The first-order valence-electron chi connectivity index (χ1n) is 12.0. The third-order valence-corrected chi connectivity index (χ3v) is 7.59. The topological polar surface area (TPSA) is 114 Å². The van der Waals surface area contributed by atoms with Gasteiger partial charge in [0.1, 0.15) is 6.04 Å². The number of hydrogen-bond donors (Lipinski definition) is 2. The third-order valence-electron chi connectivity index (χ3n) is 7.59. The Balaban J connectivity index is 1.29. The fraction of sp³-hybridized carbons (Fsp3) is 0.583. The number of fused-ring (bicyclic) bond motifs is 1. The van der Waals surface area contributed by atoms with E-state index in [1.807, 2.05) is 6.07 Å². The molecule has 5 rings (SSSR count). The molecule has 0 saturated carbocycles. The van der Waals surface area contributed by atoms with E-state index in [2.05, 4.69) is 27.1 Å². The van der Waals surface area contributed by atoms with Gasteiger partial charge in [-0.25, -0.2) is 0 Å². The van der Waals surface area contributed by atoms with E-state index in [0.29, 0.717) is 36.4 Å². The van der Waals surface area contributed by atoms with Crippen LogP contribution in [0.15, 0.2) is 18.2 Å². The van der Waals surface area contributed by atoms with Crippen LogP contribution in [0.4, 0.5) is 5.69 Å². The van der Waals surface area contributed by atoms with Gasteiger partial charge in [-0.1, -0.05) is 6.07 Å². The largest absolute Gasteiger partial charge is 0.388 e. The molecule has 4 aliphatic heterocycles. The summed E-state index contributed by atoms with van der Waals surface area (Å²) in [5.41, 5.74) is 0.672. The number of piperidine rings is 2. The summed E-state index contributed by atoms with van der Waals surface area (Å²) in [6.45, 7) is 5.28. The van der Waals surface area contributed by atoms with Crippen LogP contribution in [0.25, 0.3) is 0 Å². The fourth-order valence-electron chi connectivity index (χ4n) is 5.52. The summed E-state index contributed by atoms with van der Waals surface area (Å²) in [4.78, 5) is 57.9. The highest BCUT2D eigenvalue weighted by Crippen LogP contribution is 2.35. The molecule has 10 nitrogen and oxygen atoms in total. The zero-order valence-corrected chi connectivity index (χ0v) is 19.5. The van der Waals surface area contributed by atoms with E-state index in [4.69, 9.17) is 0 Å². The predicted octanol–water partition coefficient (Wildman–Crippen LogP) is -0.333. The summed E-state index contributed by atoms with van der Waals surface area (Å²) < 4.78 is 0. The molecule has 1 unspecified atom stereocenters. The summed E-state index contributed by atoms with van der Waals surface area (Å²) in [7, 11) is 2.07. The van der Waals surface area contributed by atoms with Crippen LogP contribution in [0, 0.1) is 0 Å². The van der Waals surface area contributed by atoms with Gasteiger partial charge in [0.05, 0.1) is 22.4 Å². The first-order chi connectivity index (χ1) is 16.3. The maximum Gasteiger partial charge on any atom is 0.264 e. The van der Waals surface area contributed by atoms with Crippen LogP contribution >= 0.6 is 0 Å².